The van der Waals surface area contributed by atoms with Crippen LogP contribution in [0.4, 0.5) is 0 Å². The number of hydrogen-bond donors (Lipinski definition) is 3. The first kappa shape index (κ1) is 13.6. The van der Waals surface area contributed by atoms with Gasteiger partial charge in [0.05, 0.1) is 15.4 Å². The molecule has 0 aliphatic carbocycles. The molecule has 0 saturated carbocycles. The maximum absolute atomic E-state index is 11.1. The molecule has 0 aliphatic rings. The van der Waals surface area contributed by atoms with E-state index in [0.29, 0.717) is 6.07 Å². The van der Waals surface area contributed by atoms with Crippen LogP contribution in [0.2, 0.25) is 0 Å². The van der Waals surface area contributed by atoms with Crippen LogP contribution in [0.15, 0.2) is 28.0 Å². The van der Waals surface area contributed by atoms with Crippen molar-refractivity contribution in [1.29, 1.82) is 0 Å². The Bertz CT molecular complexity index is 676. The molecule has 1 rings (SSSR count). The van der Waals surface area contributed by atoms with Crippen molar-refractivity contribution < 1.29 is 26.7 Å². The van der Waals surface area contributed by atoms with E-state index in [1.807, 2.05) is 0 Å². The summed E-state index contributed by atoms with van der Waals surface area (Å²) in [6, 6.07) is 2.30. The maximum Gasteiger partial charge on any atom is 0.337 e. The molecule has 8 nitrogen and oxygen atoms in total. The average molecular weight is 280 g/mol. The maximum atomic E-state index is 11.1. The second kappa shape index (κ2) is 4.07. The first-order chi connectivity index (χ1) is 7.53. The Kier molecular flexibility index (Phi) is 3.25. The second-order valence-electron chi connectivity index (χ2n) is 3.05. The van der Waals surface area contributed by atoms with E-state index >= 15 is 0 Å². The number of carbonyl (C=O) groups is 1. The van der Waals surface area contributed by atoms with E-state index in [4.69, 9.17) is 15.4 Å². The highest BCUT2D eigenvalue weighted by molar-refractivity contribution is 7.90. The molecule has 17 heavy (non-hydrogen) atoms. The summed E-state index contributed by atoms with van der Waals surface area (Å²) in [7, 11) is -8.50. The van der Waals surface area contributed by atoms with Crippen molar-refractivity contribution in [3.05, 3.63) is 23.8 Å². The molecule has 0 saturated heterocycles. The first-order valence-electron chi connectivity index (χ1n) is 3.96. The average Bonchev–Trinajstić information content (AvgIpc) is 2.14. The van der Waals surface area contributed by atoms with Gasteiger partial charge in [-0.3, -0.25) is 0 Å². The van der Waals surface area contributed by atoms with Crippen LogP contribution in [0, 0.1) is 0 Å². The highest BCUT2D eigenvalue weighted by atomic mass is 32.2. The lowest BCUT2D eigenvalue weighted by atomic mass is 10.2. The van der Waals surface area contributed by atoms with Gasteiger partial charge in [0.1, 0.15) is 0 Å². The molecule has 5 N–H and O–H groups in total. The summed E-state index contributed by atoms with van der Waals surface area (Å²) in [5.74, 6) is -1.55. The molecule has 0 amide bonds. The Morgan fingerprint density at radius 2 is 1.59 bits per heavy atom. The highest BCUT2D eigenvalue weighted by Crippen LogP contribution is 2.18. The van der Waals surface area contributed by atoms with Gasteiger partial charge in [0, 0.05) is 0 Å². The van der Waals surface area contributed by atoms with Crippen molar-refractivity contribution in [1.82, 2.24) is 0 Å². The Balaban J connectivity index is 3.69. The predicted octanol–water partition coefficient (Wildman–Crippen LogP) is -1.32. The van der Waals surface area contributed by atoms with Crippen LogP contribution in [0.3, 0.4) is 0 Å². The number of primary sulfonamides is 2. The fourth-order valence-electron chi connectivity index (χ4n) is 1.09. The fourth-order valence-corrected chi connectivity index (χ4v) is 2.46. The molecule has 0 radical (unpaired) electrons. The van der Waals surface area contributed by atoms with E-state index in [2.05, 4.69) is 0 Å². The molecule has 1 aromatic rings. The molecular formula is C7H8N2O6S2. The van der Waals surface area contributed by atoms with Crippen molar-refractivity contribution >= 4 is 26.0 Å². The highest BCUT2D eigenvalue weighted by Gasteiger charge is 2.21. The topological polar surface area (TPSA) is 158 Å². The molecule has 0 bridgehead atoms. The van der Waals surface area contributed by atoms with Gasteiger partial charge in [-0.15, -0.1) is 0 Å². The number of nitrogens with two attached hydrogens (primary N) is 2. The van der Waals surface area contributed by atoms with Crippen molar-refractivity contribution in [2.24, 2.45) is 10.3 Å². The third-order valence-electron chi connectivity index (χ3n) is 1.82. The molecule has 0 spiro atoms. The summed E-state index contributed by atoms with van der Waals surface area (Å²) in [5.41, 5.74) is -0.625. The minimum atomic E-state index is -4.36. The Hall–Kier alpha value is -1.49. The Labute approximate surface area is 97.0 Å². The molecule has 0 heterocycles. The molecule has 0 atom stereocenters. The van der Waals surface area contributed by atoms with Crippen molar-refractivity contribution in [3.63, 3.8) is 0 Å². The van der Waals surface area contributed by atoms with Gasteiger partial charge in [-0.25, -0.2) is 31.9 Å². The SMILES string of the molecule is NS(=O)(=O)c1ccc(C(=O)O)c(S(N)(=O)=O)c1. The molecule has 1 aromatic carbocycles. The normalized spacial score (nSPS) is 12.4. The molecular weight excluding hydrogens is 272 g/mol. The number of rotatable bonds is 3. The van der Waals surface area contributed by atoms with Gasteiger partial charge in [0.25, 0.3) is 0 Å². The van der Waals surface area contributed by atoms with E-state index in [1.165, 1.54) is 0 Å². The lowest BCUT2D eigenvalue weighted by Crippen LogP contribution is -2.19. The summed E-state index contributed by atoms with van der Waals surface area (Å²) >= 11 is 0. The molecule has 10 heteroatoms. The first-order valence-corrected chi connectivity index (χ1v) is 7.05. The largest absolute Gasteiger partial charge is 0.478 e. The van der Waals surface area contributed by atoms with Crippen LogP contribution >= 0.6 is 0 Å². The Morgan fingerprint density at radius 1 is 1.06 bits per heavy atom. The van der Waals surface area contributed by atoms with Gasteiger partial charge >= 0.3 is 5.97 Å². The van der Waals surface area contributed by atoms with Crippen molar-refractivity contribution in [2.75, 3.05) is 0 Å². The summed E-state index contributed by atoms with van der Waals surface area (Å²) in [6.45, 7) is 0. The predicted molar refractivity (Wildman–Crippen MR) is 56.1 cm³/mol. The number of carboxylic acids is 1. The summed E-state index contributed by atoms with van der Waals surface area (Å²) < 4.78 is 44.2. The standard InChI is InChI=1S/C7H8N2O6S2/c8-16(12,13)4-1-2-5(7(10)11)6(3-4)17(9,14)15/h1-3H,(H,10,11)(H2,8,12,13)(H2,9,14,15). The van der Waals surface area contributed by atoms with Crippen LogP contribution in [0.5, 0.6) is 0 Å². The van der Waals surface area contributed by atoms with E-state index < -0.39 is 41.4 Å². The van der Waals surface area contributed by atoms with Crippen LogP contribution < -0.4 is 10.3 Å². The van der Waals surface area contributed by atoms with E-state index in [1.54, 1.807) is 0 Å². The lowest BCUT2D eigenvalue weighted by Gasteiger charge is -2.05. The third-order valence-corrected chi connectivity index (χ3v) is 3.68. The monoisotopic (exact) mass is 280 g/mol. The van der Waals surface area contributed by atoms with Gasteiger partial charge in [-0.2, -0.15) is 0 Å². The number of aromatic carboxylic acids is 1. The smallest absolute Gasteiger partial charge is 0.337 e. The van der Waals surface area contributed by atoms with Gasteiger partial charge in [0.2, 0.25) is 20.0 Å². The molecule has 0 unspecified atom stereocenters. The molecule has 0 fully saturated rings. The van der Waals surface area contributed by atoms with Gasteiger partial charge in [0.15, 0.2) is 0 Å². The molecule has 0 aliphatic heterocycles. The zero-order chi connectivity index (χ0) is 13.4. The summed E-state index contributed by atoms with van der Waals surface area (Å²) in [5, 5.41) is 18.3. The zero-order valence-corrected chi connectivity index (χ0v) is 9.82. The van der Waals surface area contributed by atoms with E-state index in [9.17, 15) is 21.6 Å². The zero-order valence-electron chi connectivity index (χ0n) is 8.19. The minimum Gasteiger partial charge on any atom is -0.478 e. The number of benzene rings is 1. The van der Waals surface area contributed by atoms with Crippen molar-refractivity contribution in [2.45, 2.75) is 9.79 Å². The molecule has 94 valence electrons. The lowest BCUT2D eigenvalue weighted by molar-refractivity contribution is 0.0692. The van der Waals surface area contributed by atoms with Gasteiger partial charge in [-0.05, 0) is 18.2 Å². The summed E-state index contributed by atoms with van der Waals surface area (Å²) in [6.07, 6.45) is 0. The van der Waals surface area contributed by atoms with Gasteiger partial charge < -0.3 is 5.11 Å². The second-order valence-corrected chi connectivity index (χ2v) is 6.14. The van der Waals surface area contributed by atoms with Crippen molar-refractivity contribution in [3.8, 4) is 0 Å². The number of hydrogen-bond acceptors (Lipinski definition) is 5. The van der Waals surface area contributed by atoms with E-state index in [0.717, 1.165) is 12.1 Å². The Morgan fingerprint density at radius 3 is 1.94 bits per heavy atom. The van der Waals surface area contributed by atoms with Crippen LogP contribution in [-0.2, 0) is 20.0 Å². The van der Waals surface area contributed by atoms with E-state index in [-0.39, 0.29) is 0 Å². The third kappa shape index (κ3) is 3.00. The molecule has 0 aromatic heterocycles. The fraction of sp³-hybridized carbons (Fsp3) is 0. The van der Waals surface area contributed by atoms with Crippen LogP contribution in [-0.4, -0.2) is 27.9 Å². The number of carboxylic acid groups (broad SMARTS) is 1. The van der Waals surface area contributed by atoms with Crippen LogP contribution in [0.1, 0.15) is 10.4 Å². The number of sulfonamides is 2. The minimum absolute atomic E-state index is 0.536. The van der Waals surface area contributed by atoms with Crippen LogP contribution in [0.25, 0.3) is 0 Å². The quantitative estimate of drug-likeness (QED) is 0.622. The summed E-state index contributed by atoms with van der Waals surface area (Å²) in [4.78, 5) is 9.38. The van der Waals surface area contributed by atoms with Gasteiger partial charge in [-0.1, -0.05) is 0 Å².